The predicted molar refractivity (Wildman–Crippen MR) is 109 cm³/mol. The second-order valence-electron chi connectivity index (χ2n) is 6.66. The molecule has 28 heavy (non-hydrogen) atoms. The molecule has 0 aliphatic carbocycles. The second kappa shape index (κ2) is 9.19. The highest BCUT2D eigenvalue weighted by Gasteiger charge is 2.22. The van der Waals surface area contributed by atoms with Gasteiger partial charge in [0.1, 0.15) is 11.4 Å². The van der Waals surface area contributed by atoms with Crippen LogP contribution in [0, 0.1) is 6.92 Å². The molecule has 1 saturated heterocycles. The molecule has 6 heteroatoms. The number of para-hydroxylation sites is 1. The molecule has 0 saturated carbocycles. The summed E-state index contributed by atoms with van der Waals surface area (Å²) in [6, 6.07) is 14.6. The van der Waals surface area contributed by atoms with Crippen LogP contribution in [0.3, 0.4) is 0 Å². The van der Waals surface area contributed by atoms with E-state index in [0.29, 0.717) is 24.4 Å². The Kier molecular flexibility index (Phi) is 6.45. The average Bonchev–Trinajstić information content (AvgIpc) is 2.74. The Morgan fingerprint density at radius 1 is 1.07 bits per heavy atom. The van der Waals surface area contributed by atoms with Crippen molar-refractivity contribution in [1.29, 1.82) is 0 Å². The number of benzene rings is 2. The molecule has 2 aromatic rings. The molecule has 0 atom stereocenters. The number of piperazine rings is 1. The van der Waals surface area contributed by atoms with E-state index in [0.717, 1.165) is 24.2 Å². The van der Waals surface area contributed by atoms with Crippen LogP contribution in [0.5, 0.6) is 5.75 Å². The lowest BCUT2D eigenvalue weighted by atomic mass is 10.1. The van der Waals surface area contributed by atoms with E-state index in [1.165, 1.54) is 0 Å². The van der Waals surface area contributed by atoms with Crippen molar-refractivity contribution in [3.05, 3.63) is 70.9 Å². The molecular weight excluding hydrogens is 354 g/mol. The first-order valence-corrected chi connectivity index (χ1v) is 9.31. The van der Waals surface area contributed by atoms with Crippen LogP contribution < -0.4 is 15.4 Å². The van der Waals surface area contributed by atoms with Crippen LogP contribution in [-0.2, 0) is 4.79 Å². The van der Waals surface area contributed by atoms with Gasteiger partial charge in [-0.1, -0.05) is 35.9 Å². The number of aryl methyl sites for hydroxylation is 1. The van der Waals surface area contributed by atoms with E-state index in [4.69, 9.17) is 4.74 Å². The quantitative estimate of drug-likeness (QED) is 0.782. The Morgan fingerprint density at radius 2 is 1.75 bits per heavy atom. The summed E-state index contributed by atoms with van der Waals surface area (Å²) in [5.41, 5.74) is 2.53. The molecule has 3 rings (SSSR count). The molecule has 0 radical (unpaired) electrons. The minimum absolute atomic E-state index is 0.201. The number of hydrogen-bond donors (Lipinski definition) is 2. The van der Waals surface area contributed by atoms with E-state index in [9.17, 15) is 9.59 Å². The van der Waals surface area contributed by atoms with Crippen LogP contribution in [0.15, 0.2) is 54.2 Å². The molecule has 1 aliphatic heterocycles. The molecule has 0 aromatic heterocycles. The number of nitrogens with zero attached hydrogens (tertiary/aromatic N) is 1. The van der Waals surface area contributed by atoms with Crippen molar-refractivity contribution in [3.8, 4) is 5.75 Å². The van der Waals surface area contributed by atoms with Gasteiger partial charge in [0, 0.05) is 37.3 Å². The molecule has 0 unspecified atom stereocenters. The predicted octanol–water partition coefficient (Wildman–Crippen LogP) is 2.21. The minimum atomic E-state index is -0.315. The van der Waals surface area contributed by atoms with Gasteiger partial charge in [-0.2, -0.15) is 0 Å². The van der Waals surface area contributed by atoms with Gasteiger partial charge in [0.15, 0.2) is 0 Å². The van der Waals surface area contributed by atoms with E-state index >= 15 is 0 Å². The third kappa shape index (κ3) is 4.78. The van der Waals surface area contributed by atoms with E-state index in [2.05, 4.69) is 10.6 Å². The molecule has 6 nitrogen and oxygen atoms in total. The number of nitrogens with one attached hydrogen (secondary N) is 2. The lowest BCUT2D eigenvalue weighted by Gasteiger charge is -2.28. The van der Waals surface area contributed by atoms with Crippen LogP contribution in [0.25, 0.3) is 6.08 Å². The van der Waals surface area contributed by atoms with Gasteiger partial charge in [0.05, 0.1) is 7.11 Å². The Hall–Kier alpha value is -3.12. The maximum Gasteiger partial charge on any atom is 0.270 e. The lowest BCUT2D eigenvalue weighted by Crippen LogP contribution is -2.48. The van der Waals surface area contributed by atoms with Crippen molar-refractivity contribution in [2.24, 2.45) is 0 Å². The standard InChI is InChI=1S/C22H25N3O3/c1-16-7-9-17(10-8-16)21(26)24-19(22(27)25-13-11-23-12-14-25)15-18-5-3-4-6-20(18)28-2/h3-10,15,23H,11-14H2,1-2H3,(H,24,26)/b19-15+. The molecule has 2 amide bonds. The zero-order valence-corrected chi connectivity index (χ0v) is 16.2. The molecule has 1 aliphatic rings. The molecular formula is C22H25N3O3. The second-order valence-corrected chi connectivity index (χ2v) is 6.66. The zero-order valence-electron chi connectivity index (χ0n) is 16.2. The third-order valence-electron chi connectivity index (χ3n) is 4.64. The number of methoxy groups -OCH3 is 1. The largest absolute Gasteiger partial charge is 0.496 e. The Morgan fingerprint density at radius 3 is 2.43 bits per heavy atom. The fraction of sp³-hybridized carbons (Fsp3) is 0.273. The third-order valence-corrected chi connectivity index (χ3v) is 4.64. The van der Waals surface area contributed by atoms with Gasteiger partial charge >= 0.3 is 0 Å². The fourth-order valence-corrected chi connectivity index (χ4v) is 3.03. The maximum absolute atomic E-state index is 13.1. The van der Waals surface area contributed by atoms with E-state index < -0.39 is 0 Å². The fourth-order valence-electron chi connectivity index (χ4n) is 3.03. The first kappa shape index (κ1) is 19.6. The van der Waals surface area contributed by atoms with Crippen molar-refractivity contribution >= 4 is 17.9 Å². The van der Waals surface area contributed by atoms with E-state index in [1.807, 2.05) is 43.3 Å². The summed E-state index contributed by atoms with van der Waals surface area (Å²) in [4.78, 5) is 27.6. The summed E-state index contributed by atoms with van der Waals surface area (Å²) >= 11 is 0. The summed E-state index contributed by atoms with van der Waals surface area (Å²) < 4.78 is 5.38. The van der Waals surface area contributed by atoms with Crippen molar-refractivity contribution in [2.75, 3.05) is 33.3 Å². The van der Waals surface area contributed by atoms with Crippen LogP contribution in [0.2, 0.25) is 0 Å². The first-order chi connectivity index (χ1) is 13.6. The number of carbonyl (C=O) groups excluding carboxylic acids is 2. The number of carbonyl (C=O) groups is 2. The zero-order chi connectivity index (χ0) is 19.9. The van der Waals surface area contributed by atoms with Crippen molar-refractivity contribution in [2.45, 2.75) is 6.92 Å². The summed E-state index contributed by atoms with van der Waals surface area (Å²) in [6.07, 6.45) is 1.68. The molecule has 1 fully saturated rings. The first-order valence-electron chi connectivity index (χ1n) is 9.31. The lowest BCUT2D eigenvalue weighted by molar-refractivity contribution is -0.127. The highest BCUT2D eigenvalue weighted by molar-refractivity contribution is 6.05. The van der Waals surface area contributed by atoms with Gasteiger partial charge in [-0.25, -0.2) is 0 Å². The summed E-state index contributed by atoms with van der Waals surface area (Å²) in [5.74, 6) is 0.121. The summed E-state index contributed by atoms with van der Waals surface area (Å²) in [6.45, 7) is 4.63. The van der Waals surface area contributed by atoms with Crippen LogP contribution in [0.4, 0.5) is 0 Å². The van der Waals surface area contributed by atoms with Gasteiger partial charge in [-0.15, -0.1) is 0 Å². The molecule has 2 aromatic carbocycles. The summed E-state index contributed by atoms with van der Waals surface area (Å²) in [7, 11) is 1.58. The number of amides is 2. The SMILES string of the molecule is COc1ccccc1/C=C(/NC(=O)c1ccc(C)cc1)C(=O)N1CCNCC1. The molecule has 0 spiro atoms. The normalized spacial score (nSPS) is 14.5. The Bertz CT molecular complexity index is 869. The molecule has 0 bridgehead atoms. The van der Waals surface area contributed by atoms with E-state index in [-0.39, 0.29) is 17.5 Å². The van der Waals surface area contributed by atoms with Gasteiger partial charge in [-0.3, -0.25) is 9.59 Å². The maximum atomic E-state index is 13.1. The van der Waals surface area contributed by atoms with Gasteiger partial charge < -0.3 is 20.3 Å². The minimum Gasteiger partial charge on any atom is -0.496 e. The smallest absolute Gasteiger partial charge is 0.270 e. The molecule has 2 N–H and O–H groups in total. The van der Waals surface area contributed by atoms with Gasteiger partial charge in [0.2, 0.25) is 0 Å². The molecule has 146 valence electrons. The number of hydrogen-bond acceptors (Lipinski definition) is 4. The summed E-state index contributed by atoms with van der Waals surface area (Å²) in [5, 5.41) is 6.03. The topological polar surface area (TPSA) is 70.7 Å². The van der Waals surface area contributed by atoms with Crippen LogP contribution in [-0.4, -0.2) is 50.0 Å². The highest BCUT2D eigenvalue weighted by atomic mass is 16.5. The number of rotatable bonds is 5. The van der Waals surface area contributed by atoms with Crippen LogP contribution in [0.1, 0.15) is 21.5 Å². The van der Waals surface area contributed by atoms with Gasteiger partial charge in [0.25, 0.3) is 11.8 Å². The van der Waals surface area contributed by atoms with Crippen molar-refractivity contribution in [1.82, 2.24) is 15.5 Å². The van der Waals surface area contributed by atoms with Gasteiger partial charge in [-0.05, 0) is 31.2 Å². The van der Waals surface area contributed by atoms with Crippen molar-refractivity contribution in [3.63, 3.8) is 0 Å². The number of ether oxygens (including phenoxy) is 1. The van der Waals surface area contributed by atoms with Crippen molar-refractivity contribution < 1.29 is 14.3 Å². The Labute approximate surface area is 165 Å². The Balaban J connectivity index is 1.91. The molecule has 1 heterocycles. The highest BCUT2D eigenvalue weighted by Crippen LogP contribution is 2.21. The van der Waals surface area contributed by atoms with E-state index in [1.54, 1.807) is 30.2 Å². The monoisotopic (exact) mass is 379 g/mol. The average molecular weight is 379 g/mol. The van der Waals surface area contributed by atoms with Crippen LogP contribution >= 0.6 is 0 Å².